The van der Waals surface area contributed by atoms with Crippen LogP contribution in [-0.4, -0.2) is 21.8 Å². The quantitative estimate of drug-likeness (QED) is 0.910. The van der Waals surface area contributed by atoms with Crippen molar-refractivity contribution in [1.82, 2.24) is 0 Å². The molecular weight excluding hydrogens is 251 g/mol. The number of nitrogens with one attached hydrogen (secondary N) is 1. The van der Waals surface area contributed by atoms with Gasteiger partial charge in [0, 0.05) is 23.6 Å². The Labute approximate surface area is 108 Å². The molecule has 0 bridgehead atoms. The van der Waals surface area contributed by atoms with Gasteiger partial charge in [0.1, 0.15) is 5.82 Å². The van der Waals surface area contributed by atoms with E-state index in [9.17, 15) is 8.60 Å². The molecule has 1 saturated carbocycles. The van der Waals surface area contributed by atoms with Gasteiger partial charge in [-0.05, 0) is 31.0 Å². The molecule has 0 heterocycles. The molecule has 1 aliphatic rings. The molecule has 0 aromatic heterocycles. The Balaban J connectivity index is 2.07. The highest BCUT2D eigenvalue weighted by Gasteiger charge is 2.40. The van der Waals surface area contributed by atoms with Gasteiger partial charge in [0.05, 0.1) is 22.1 Å². The van der Waals surface area contributed by atoms with E-state index in [-0.39, 0.29) is 4.75 Å². The minimum Gasteiger partial charge on any atom is -0.381 e. The zero-order valence-corrected chi connectivity index (χ0v) is 11.0. The normalized spacial score (nSPS) is 18.5. The third-order valence-corrected chi connectivity index (χ3v) is 5.35. The monoisotopic (exact) mass is 266 g/mol. The Hall–Kier alpha value is -1.41. The van der Waals surface area contributed by atoms with Crippen LogP contribution >= 0.6 is 0 Å². The lowest BCUT2D eigenvalue weighted by molar-refractivity contribution is 0.368. The third-order valence-electron chi connectivity index (χ3n) is 3.57. The molecule has 1 atom stereocenters. The van der Waals surface area contributed by atoms with Crippen LogP contribution in [0.25, 0.3) is 0 Å². The maximum absolute atomic E-state index is 13.6. The van der Waals surface area contributed by atoms with Crippen molar-refractivity contribution in [2.24, 2.45) is 0 Å². The van der Waals surface area contributed by atoms with Crippen molar-refractivity contribution in [2.75, 3.05) is 18.1 Å². The average molecular weight is 266 g/mol. The zero-order chi connectivity index (χ0) is 13.2. The Morgan fingerprint density at radius 3 is 2.72 bits per heavy atom. The molecule has 1 fully saturated rings. The van der Waals surface area contributed by atoms with E-state index >= 15 is 0 Å². The molecule has 0 radical (unpaired) electrons. The van der Waals surface area contributed by atoms with Gasteiger partial charge in [0.25, 0.3) is 0 Å². The van der Waals surface area contributed by atoms with E-state index < -0.39 is 16.6 Å². The van der Waals surface area contributed by atoms with E-state index in [1.807, 2.05) is 6.07 Å². The molecule has 0 saturated heterocycles. The summed E-state index contributed by atoms with van der Waals surface area (Å²) < 4.78 is 25.1. The molecule has 1 aliphatic carbocycles. The first-order valence-electron chi connectivity index (χ1n) is 5.84. The SMILES string of the molecule is C[S@](=O)C1(CNc2ccc(C#N)cc2F)CCC1. The lowest BCUT2D eigenvalue weighted by Gasteiger charge is -2.40. The zero-order valence-electron chi connectivity index (χ0n) is 10.2. The number of benzene rings is 1. The highest BCUT2D eigenvalue weighted by molar-refractivity contribution is 7.85. The Morgan fingerprint density at radius 2 is 2.28 bits per heavy atom. The van der Waals surface area contributed by atoms with Crippen LogP contribution in [-0.2, 0) is 10.8 Å². The fourth-order valence-corrected chi connectivity index (χ4v) is 3.26. The van der Waals surface area contributed by atoms with E-state index in [0.29, 0.717) is 17.8 Å². The summed E-state index contributed by atoms with van der Waals surface area (Å²) in [6, 6.07) is 6.22. The standard InChI is InChI=1S/C13H15FN2OS/c1-18(17)13(5-2-6-13)9-16-12-4-3-10(8-15)7-11(12)14/h3-4,7,16H,2,5-6,9H2,1H3/t18-/m0/s1. The molecule has 2 rings (SSSR count). The molecule has 0 spiro atoms. The van der Waals surface area contributed by atoms with Crippen molar-refractivity contribution in [3.8, 4) is 6.07 Å². The van der Waals surface area contributed by atoms with Crippen LogP contribution in [0.15, 0.2) is 18.2 Å². The summed E-state index contributed by atoms with van der Waals surface area (Å²) in [5.41, 5.74) is 0.668. The van der Waals surface area contributed by atoms with Gasteiger partial charge < -0.3 is 5.32 Å². The summed E-state index contributed by atoms with van der Waals surface area (Å²) >= 11 is 0. The number of anilines is 1. The summed E-state index contributed by atoms with van der Waals surface area (Å²) in [6.07, 6.45) is 4.62. The van der Waals surface area contributed by atoms with Gasteiger partial charge in [-0.25, -0.2) is 4.39 Å². The van der Waals surface area contributed by atoms with Gasteiger partial charge in [-0.3, -0.25) is 4.21 Å². The van der Waals surface area contributed by atoms with E-state index in [1.54, 1.807) is 18.4 Å². The Bertz CT molecular complexity index is 520. The molecule has 1 N–H and O–H groups in total. The highest BCUT2D eigenvalue weighted by Crippen LogP contribution is 2.37. The second-order valence-electron chi connectivity index (χ2n) is 4.65. The average Bonchev–Trinajstić information content (AvgIpc) is 2.28. The van der Waals surface area contributed by atoms with Gasteiger partial charge >= 0.3 is 0 Å². The van der Waals surface area contributed by atoms with Crippen molar-refractivity contribution in [3.63, 3.8) is 0 Å². The van der Waals surface area contributed by atoms with E-state index in [4.69, 9.17) is 5.26 Å². The second kappa shape index (κ2) is 5.07. The summed E-state index contributed by atoms with van der Waals surface area (Å²) in [7, 11) is -0.906. The number of hydrogen-bond acceptors (Lipinski definition) is 3. The van der Waals surface area contributed by atoms with Crippen LogP contribution in [0.5, 0.6) is 0 Å². The van der Waals surface area contributed by atoms with Crippen molar-refractivity contribution in [3.05, 3.63) is 29.6 Å². The smallest absolute Gasteiger partial charge is 0.147 e. The Kier molecular flexibility index (Phi) is 3.67. The summed E-state index contributed by atoms with van der Waals surface area (Å²) in [5.74, 6) is -0.439. The molecular formula is C13H15FN2OS. The lowest BCUT2D eigenvalue weighted by Crippen LogP contribution is -2.47. The van der Waals surface area contributed by atoms with Crippen LogP contribution in [0.2, 0.25) is 0 Å². The fraction of sp³-hybridized carbons (Fsp3) is 0.462. The predicted molar refractivity (Wildman–Crippen MR) is 70.3 cm³/mol. The number of nitrogens with zero attached hydrogens (tertiary/aromatic N) is 1. The Morgan fingerprint density at radius 1 is 1.56 bits per heavy atom. The molecule has 0 amide bonds. The lowest BCUT2D eigenvalue weighted by atomic mass is 9.84. The van der Waals surface area contributed by atoms with Crippen LogP contribution < -0.4 is 5.32 Å². The van der Waals surface area contributed by atoms with Crippen molar-refractivity contribution >= 4 is 16.5 Å². The van der Waals surface area contributed by atoms with Crippen LogP contribution in [0.3, 0.4) is 0 Å². The minimum atomic E-state index is -0.906. The van der Waals surface area contributed by atoms with E-state index in [0.717, 1.165) is 19.3 Å². The largest absolute Gasteiger partial charge is 0.381 e. The van der Waals surface area contributed by atoms with Crippen molar-refractivity contribution < 1.29 is 8.60 Å². The topological polar surface area (TPSA) is 52.9 Å². The van der Waals surface area contributed by atoms with Gasteiger partial charge in [0.2, 0.25) is 0 Å². The molecule has 96 valence electrons. The minimum absolute atomic E-state index is 0.208. The summed E-state index contributed by atoms with van der Waals surface area (Å²) in [6.45, 7) is 0.513. The number of halogens is 1. The van der Waals surface area contributed by atoms with E-state index in [2.05, 4.69) is 5.32 Å². The number of nitriles is 1. The molecule has 0 aliphatic heterocycles. The van der Waals surface area contributed by atoms with E-state index in [1.165, 1.54) is 6.07 Å². The number of hydrogen-bond donors (Lipinski definition) is 1. The first-order valence-corrected chi connectivity index (χ1v) is 7.40. The van der Waals surface area contributed by atoms with Crippen LogP contribution in [0.1, 0.15) is 24.8 Å². The van der Waals surface area contributed by atoms with Gasteiger partial charge in [-0.15, -0.1) is 0 Å². The molecule has 3 nitrogen and oxygen atoms in total. The fourth-order valence-electron chi connectivity index (χ4n) is 2.12. The van der Waals surface area contributed by atoms with Crippen molar-refractivity contribution in [1.29, 1.82) is 5.26 Å². The van der Waals surface area contributed by atoms with Gasteiger partial charge in [0.15, 0.2) is 0 Å². The third kappa shape index (κ3) is 2.39. The van der Waals surface area contributed by atoms with Crippen LogP contribution in [0, 0.1) is 17.1 Å². The number of rotatable bonds is 4. The van der Waals surface area contributed by atoms with Crippen molar-refractivity contribution in [2.45, 2.75) is 24.0 Å². The maximum atomic E-state index is 13.6. The second-order valence-corrected chi connectivity index (χ2v) is 6.42. The van der Waals surface area contributed by atoms with Crippen LogP contribution in [0.4, 0.5) is 10.1 Å². The molecule has 18 heavy (non-hydrogen) atoms. The molecule has 1 aromatic carbocycles. The first kappa shape index (κ1) is 13.0. The van der Waals surface area contributed by atoms with Gasteiger partial charge in [-0.1, -0.05) is 6.42 Å². The maximum Gasteiger partial charge on any atom is 0.147 e. The highest BCUT2D eigenvalue weighted by atomic mass is 32.2. The predicted octanol–water partition coefficient (Wildman–Crippen LogP) is 2.41. The van der Waals surface area contributed by atoms with Gasteiger partial charge in [-0.2, -0.15) is 5.26 Å². The molecule has 5 heteroatoms. The summed E-state index contributed by atoms with van der Waals surface area (Å²) in [4.78, 5) is 0. The molecule has 1 aromatic rings. The molecule has 0 unspecified atom stereocenters. The summed E-state index contributed by atoms with van der Waals surface area (Å²) in [5, 5.41) is 11.7. The first-order chi connectivity index (χ1) is 8.57.